The predicted octanol–water partition coefficient (Wildman–Crippen LogP) is 2.27. The Morgan fingerprint density at radius 1 is 1.40 bits per heavy atom. The highest BCUT2D eigenvalue weighted by Gasteiger charge is 2.11. The second kappa shape index (κ2) is 6.02. The SMILES string of the molecule is CCN(Cc1cccc(C)n1)c1ncc(C#N)cc1N. The van der Waals surface area contributed by atoms with Crippen LogP contribution in [0.15, 0.2) is 30.5 Å². The van der Waals surface area contributed by atoms with E-state index < -0.39 is 0 Å². The highest BCUT2D eigenvalue weighted by molar-refractivity contribution is 5.64. The summed E-state index contributed by atoms with van der Waals surface area (Å²) in [7, 11) is 0. The molecule has 0 aromatic carbocycles. The number of hydrogen-bond donors (Lipinski definition) is 1. The summed E-state index contributed by atoms with van der Waals surface area (Å²) in [5, 5.41) is 8.85. The van der Waals surface area contributed by atoms with Gasteiger partial charge in [0.15, 0.2) is 5.82 Å². The largest absolute Gasteiger partial charge is 0.396 e. The highest BCUT2D eigenvalue weighted by Crippen LogP contribution is 2.22. The van der Waals surface area contributed by atoms with Crippen LogP contribution in [0.2, 0.25) is 0 Å². The van der Waals surface area contributed by atoms with Gasteiger partial charge < -0.3 is 10.6 Å². The van der Waals surface area contributed by atoms with Crippen molar-refractivity contribution in [3.8, 4) is 6.07 Å². The lowest BCUT2D eigenvalue weighted by Crippen LogP contribution is -2.24. The molecule has 0 aliphatic heterocycles. The molecule has 102 valence electrons. The molecule has 2 aromatic heterocycles. The normalized spacial score (nSPS) is 10.1. The number of pyridine rings is 2. The maximum absolute atomic E-state index is 8.85. The van der Waals surface area contributed by atoms with Crippen LogP contribution in [0, 0.1) is 18.3 Å². The van der Waals surface area contributed by atoms with Crippen LogP contribution in [0.3, 0.4) is 0 Å². The maximum Gasteiger partial charge on any atom is 0.152 e. The lowest BCUT2D eigenvalue weighted by Gasteiger charge is -2.23. The van der Waals surface area contributed by atoms with E-state index >= 15 is 0 Å². The van der Waals surface area contributed by atoms with E-state index in [1.807, 2.05) is 43.0 Å². The molecule has 0 spiro atoms. The number of aryl methyl sites for hydroxylation is 1. The molecule has 0 radical (unpaired) electrons. The smallest absolute Gasteiger partial charge is 0.152 e. The Morgan fingerprint density at radius 3 is 2.80 bits per heavy atom. The Morgan fingerprint density at radius 2 is 2.20 bits per heavy atom. The Balaban J connectivity index is 2.27. The average molecular weight is 267 g/mol. The zero-order valence-electron chi connectivity index (χ0n) is 11.7. The van der Waals surface area contributed by atoms with Gasteiger partial charge in [0.25, 0.3) is 0 Å². The lowest BCUT2D eigenvalue weighted by atomic mass is 10.2. The molecule has 20 heavy (non-hydrogen) atoms. The molecule has 0 atom stereocenters. The zero-order valence-corrected chi connectivity index (χ0v) is 11.7. The van der Waals surface area contributed by atoms with Gasteiger partial charge in [0.05, 0.1) is 23.5 Å². The van der Waals surface area contributed by atoms with Crippen molar-refractivity contribution in [3.63, 3.8) is 0 Å². The Bertz CT molecular complexity index is 645. The molecule has 5 heteroatoms. The minimum Gasteiger partial charge on any atom is -0.396 e. The predicted molar refractivity (Wildman–Crippen MR) is 79.1 cm³/mol. The van der Waals surface area contributed by atoms with Crippen molar-refractivity contribution in [2.24, 2.45) is 0 Å². The summed E-state index contributed by atoms with van der Waals surface area (Å²) in [4.78, 5) is 10.8. The molecule has 0 aliphatic carbocycles. The fourth-order valence-electron chi connectivity index (χ4n) is 2.02. The first-order valence-electron chi connectivity index (χ1n) is 6.47. The molecule has 2 aromatic rings. The van der Waals surface area contributed by atoms with Gasteiger partial charge in [-0.1, -0.05) is 6.07 Å². The molecule has 2 rings (SSSR count). The van der Waals surface area contributed by atoms with Crippen LogP contribution in [0.1, 0.15) is 23.9 Å². The number of nitrogens with two attached hydrogens (primary N) is 1. The molecule has 0 amide bonds. The Labute approximate surface area is 118 Å². The number of hydrogen-bond acceptors (Lipinski definition) is 5. The fraction of sp³-hybridized carbons (Fsp3) is 0.267. The van der Waals surface area contributed by atoms with Gasteiger partial charge in [0.2, 0.25) is 0 Å². The van der Waals surface area contributed by atoms with Crippen LogP contribution in [0.5, 0.6) is 0 Å². The molecule has 0 fully saturated rings. The van der Waals surface area contributed by atoms with Crippen LogP contribution in [-0.4, -0.2) is 16.5 Å². The van der Waals surface area contributed by atoms with Crippen LogP contribution in [0.25, 0.3) is 0 Å². The Kier molecular flexibility index (Phi) is 4.16. The van der Waals surface area contributed by atoms with Crippen LogP contribution in [0.4, 0.5) is 11.5 Å². The van der Waals surface area contributed by atoms with E-state index in [9.17, 15) is 0 Å². The third-order valence-electron chi connectivity index (χ3n) is 3.00. The van der Waals surface area contributed by atoms with Crippen molar-refractivity contribution in [2.75, 3.05) is 17.2 Å². The van der Waals surface area contributed by atoms with Crippen LogP contribution >= 0.6 is 0 Å². The quantitative estimate of drug-likeness (QED) is 0.919. The first-order chi connectivity index (χ1) is 9.63. The summed E-state index contributed by atoms with van der Waals surface area (Å²) < 4.78 is 0. The number of rotatable bonds is 4. The van der Waals surface area contributed by atoms with Crippen LogP contribution in [-0.2, 0) is 6.54 Å². The van der Waals surface area contributed by atoms with E-state index in [-0.39, 0.29) is 0 Å². The van der Waals surface area contributed by atoms with Gasteiger partial charge in [0.1, 0.15) is 6.07 Å². The van der Waals surface area contributed by atoms with Crippen molar-refractivity contribution in [1.82, 2.24) is 9.97 Å². The minimum absolute atomic E-state index is 0.469. The highest BCUT2D eigenvalue weighted by atomic mass is 15.2. The van der Waals surface area contributed by atoms with Gasteiger partial charge in [-0.15, -0.1) is 0 Å². The van der Waals surface area contributed by atoms with Crippen LogP contribution < -0.4 is 10.6 Å². The van der Waals surface area contributed by atoms with Gasteiger partial charge in [-0.25, -0.2) is 4.98 Å². The summed E-state index contributed by atoms with van der Waals surface area (Å²) in [5.74, 6) is 0.690. The standard InChI is InChI=1S/C15H17N5/c1-3-20(10-13-6-4-5-11(2)19-13)15-14(17)7-12(8-16)9-18-15/h4-7,9H,3,10,17H2,1-2H3. The zero-order chi connectivity index (χ0) is 14.5. The molecule has 5 nitrogen and oxygen atoms in total. The van der Waals surface area contributed by atoms with E-state index in [0.29, 0.717) is 23.6 Å². The van der Waals surface area contributed by atoms with Gasteiger partial charge in [-0.05, 0) is 32.0 Å². The van der Waals surface area contributed by atoms with Gasteiger partial charge in [-0.3, -0.25) is 4.98 Å². The molecule has 0 unspecified atom stereocenters. The fourth-order valence-corrected chi connectivity index (χ4v) is 2.02. The molecule has 0 bridgehead atoms. The third-order valence-corrected chi connectivity index (χ3v) is 3.00. The number of nitrogens with zero attached hydrogens (tertiary/aromatic N) is 4. The molecular formula is C15H17N5. The summed E-state index contributed by atoms with van der Waals surface area (Å²) in [6.07, 6.45) is 1.54. The van der Waals surface area contributed by atoms with Gasteiger partial charge in [0, 0.05) is 18.4 Å². The second-order valence-corrected chi connectivity index (χ2v) is 4.53. The molecular weight excluding hydrogens is 250 g/mol. The van der Waals surface area contributed by atoms with E-state index in [1.54, 1.807) is 6.07 Å². The van der Waals surface area contributed by atoms with Gasteiger partial charge >= 0.3 is 0 Å². The van der Waals surface area contributed by atoms with Crippen molar-refractivity contribution < 1.29 is 0 Å². The van der Waals surface area contributed by atoms with E-state index in [1.165, 1.54) is 6.20 Å². The van der Waals surface area contributed by atoms with Gasteiger partial charge in [-0.2, -0.15) is 5.26 Å². The third kappa shape index (κ3) is 3.04. The number of nitrogen functional groups attached to an aromatic ring is 1. The van der Waals surface area contributed by atoms with E-state index in [0.717, 1.165) is 17.9 Å². The lowest BCUT2D eigenvalue weighted by molar-refractivity contribution is 0.792. The number of anilines is 2. The summed E-state index contributed by atoms with van der Waals surface area (Å²) in [6, 6.07) is 9.62. The first kappa shape index (κ1) is 13.8. The molecule has 0 saturated heterocycles. The number of aromatic nitrogens is 2. The molecule has 2 heterocycles. The second-order valence-electron chi connectivity index (χ2n) is 4.53. The van der Waals surface area contributed by atoms with Crippen molar-refractivity contribution >= 4 is 11.5 Å². The first-order valence-corrected chi connectivity index (χ1v) is 6.47. The monoisotopic (exact) mass is 267 g/mol. The summed E-state index contributed by atoms with van der Waals surface area (Å²) >= 11 is 0. The average Bonchev–Trinajstić information content (AvgIpc) is 2.45. The molecule has 0 aliphatic rings. The summed E-state index contributed by atoms with van der Waals surface area (Å²) in [6.45, 7) is 5.41. The minimum atomic E-state index is 0.469. The van der Waals surface area contributed by atoms with Crippen molar-refractivity contribution in [1.29, 1.82) is 5.26 Å². The van der Waals surface area contributed by atoms with E-state index in [4.69, 9.17) is 11.0 Å². The Hall–Kier alpha value is -2.61. The number of nitriles is 1. The van der Waals surface area contributed by atoms with Crippen molar-refractivity contribution in [3.05, 3.63) is 47.4 Å². The summed E-state index contributed by atoms with van der Waals surface area (Å²) in [5.41, 5.74) is 8.92. The molecule has 2 N–H and O–H groups in total. The molecule has 0 saturated carbocycles. The topological polar surface area (TPSA) is 78.8 Å². The van der Waals surface area contributed by atoms with Crippen molar-refractivity contribution in [2.45, 2.75) is 20.4 Å². The maximum atomic E-state index is 8.85. The van der Waals surface area contributed by atoms with E-state index in [2.05, 4.69) is 9.97 Å².